The lowest BCUT2D eigenvalue weighted by Crippen LogP contribution is -2.42. The average molecular weight is 401 g/mol. The van der Waals surface area contributed by atoms with Crippen LogP contribution in [0.1, 0.15) is 38.3 Å². The number of guanidine groups is 1. The molecule has 1 fully saturated rings. The molecular formula is C18H30F3N7. The van der Waals surface area contributed by atoms with Gasteiger partial charge in [-0.25, -0.2) is 9.97 Å². The van der Waals surface area contributed by atoms with Crippen LogP contribution >= 0.6 is 0 Å². The predicted molar refractivity (Wildman–Crippen MR) is 104 cm³/mol. The van der Waals surface area contributed by atoms with Crippen molar-refractivity contribution in [2.24, 2.45) is 4.99 Å². The maximum absolute atomic E-state index is 12.6. The molecule has 0 aliphatic carbocycles. The van der Waals surface area contributed by atoms with Gasteiger partial charge in [0.2, 0.25) is 5.95 Å². The Morgan fingerprint density at radius 1 is 1.25 bits per heavy atom. The van der Waals surface area contributed by atoms with Crippen LogP contribution in [0.4, 0.5) is 19.1 Å². The number of halogens is 3. The summed E-state index contributed by atoms with van der Waals surface area (Å²) in [6.07, 6.45) is 1.53. The minimum Gasteiger partial charge on any atom is -0.356 e. The molecular weight excluding hydrogens is 371 g/mol. The molecule has 0 spiro atoms. The second-order valence-corrected chi connectivity index (χ2v) is 6.85. The smallest absolute Gasteiger partial charge is 0.356 e. The van der Waals surface area contributed by atoms with Crippen molar-refractivity contribution in [3.8, 4) is 0 Å². The number of likely N-dealkylation sites (tertiary alicyclic amines) is 1. The van der Waals surface area contributed by atoms with E-state index in [1.165, 1.54) is 25.8 Å². The Labute approximate surface area is 164 Å². The molecule has 7 nitrogen and oxygen atoms in total. The quantitative estimate of drug-likeness (QED) is 0.353. The summed E-state index contributed by atoms with van der Waals surface area (Å²) in [5.41, 5.74) is -0.960. The molecule has 0 radical (unpaired) electrons. The van der Waals surface area contributed by atoms with E-state index < -0.39 is 11.9 Å². The highest BCUT2D eigenvalue weighted by atomic mass is 19.4. The second kappa shape index (κ2) is 11.0. The molecule has 1 aromatic heterocycles. The topological polar surface area (TPSA) is 77.5 Å². The number of nitrogens with zero attached hydrogens (tertiary/aromatic N) is 4. The summed E-state index contributed by atoms with van der Waals surface area (Å²) in [6.45, 7) is 6.19. The maximum Gasteiger partial charge on any atom is 0.433 e. The lowest BCUT2D eigenvalue weighted by Gasteiger charge is -2.33. The van der Waals surface area contributed by atoms with Crippen molar-refractivity contribution in [3.63, 3.8) is 0 Å². The molecule has 10 heteroatoms. The van der Waals surface area contributed by atoms with Crippen LogP contribution in [-0.2, 0) is 6.18 Å². The molecule has 0 amide bonds. The summed E-state index contributed by atoms with van der Waals surface area (Å²) in [7, 11) is 1.69. The highest BCUT2D eigenvalue weighted by molar-refractivity contribution is 5.79. The van der Waals surface area contributed by atoms with E-state index in [1.54, 1.807) is 7.05 Å². The maximum atomic E-state index is 12.6. The number of nitrogens with one attached hydrogen (secondary N) is 3. The Morgan fingerprint density at radius 2 is 2.04 bits per heavy atom. The summed E-state index contributed by atoms with van der Waals surface area (Å²) in [4.78, 5) is 13.9. The van der Waals surface area contributed by atoms with Gasteiger partial charge >= 0.3 is 6.18 Å². The van der Waals surface area contributed by atoms with Gasteiger partial charge in [0.05, 0.1) is 0 Å². The van der Waals surface area contributed by atoms with E-state index in [2.05, 4.69) is 42.7 Å². The number of aromatic nitrogens is 2. The second-order valence-electron chi connectivity index (χ2n) is 6.85. The van der Waals surface area contributed by atoms with Gasteiger partial charge in [0.25, 0.3) is 0 Å². The zero-order chi connectivity index (χ0) is 20.4. The molecule has 158 valence electrons. The third kappa shape index (κ3) is 7.49. The van der Waals surface area contributed by atoms with Crippen molar-refractivity contribution in [1.29, 1.82) is 0 Å². The minimum atomic E-state index is -4.48. The van der Waals surface area contributed by atoms with Crippen LogP contribution in [0.2, 0.25) is 0 Å². The molecule has 0 saturated carbocycles. The fraction of sp³-hybridized carbons (Fsp3) is 0.722. The zero-order valence-electron chi connectivity index (χ0n) is 16.5. The van der Waals surface area contributed by atoms with Gasteiger partial charge in [0.1, 0.15) is 5.69 Å². The molecule has 1 saturated heterocycles. The Bertz CT molecular complexity index is 621. The first-order valence-electron chi connectivity index (χ1n) is 9.73. The van der Waals surface area contributed by atoms with E-state index in [-0.39, 0.29) is 5.95 Å². The number of alkyl halides is 3. The van der Waals surface area contributed by atoms with Crippen molar-refractivity contribution in [1.82, 2.24) is 25.5 Å². The highest BCUT2D eigenvalue weighted by Crippen LogP contribution is 2.27. The lowest BCUT2D eigenvalue weighted by molar-refractivity contribution is -0.141. The highest BCUT2D eigenvalue weighted by Gasteiger charge is 2.32. The van der Waals surface area contributed by atoms with Gasteiger partial charge in [0, 0.05) is 45.5 Å². The molecule has 1 aromatic rings. The first kappa shape index (κ1) is 22.2. The molecule has 1 unspecified atom stereocenters. The standard InChI is InChI=1S/C18H30F3N7/c1-14-6-3-4-12-28(14)13-5-8-23-16(22-2)25-10-11-26-17-24-9-7-15(27-17)18(19,20)21/h7,9,14H,3-6,8,10-13H2,1-2H3,(H2,22,23,25)(H,24,26,27). The van der Waals surface area contributed by atoms with Gasteiger partial charge in [-0.05, 0) is 38.8 Å². The van der Waals surface area contributed by atoms with Crippen molar-refractivity contribution in [2.45, 2.75) is 44.8 Å². The van der Waals surface area contributed by atoms with E-state index in [9.17, 15) is 13.2 Å². The van der Waals surface area contributed by atoms with Crippen molar-refractivity contribution >= 4 is 11.9 Å². The van der Waals surface area contributed by atoms with Gasteiger partial charge in [-0.1, -0.05) is 6.42 Å². The van der Waals surface area contributed by atoms with Crippen molar-refractivity contribution in [2.75, 3.05) is 45.1 Å². The summed E-state index contributed by atoms with van der Waals surface area (Å²) in [5, 5.41) is 9.15. The number of hydrogen-bond donors (Lipinski definition) is 3. The third-order valence-electron chi connectivity index (χ3n) is 4.73. The molecule has 0 aromatic carbocycles. The van der Waals surface area contributed by atoms with Crippen LogP contribution in [0.3, 0.4) is 0 Å². The summed E-state index contributed by atoms with van der Waals surface area (Å²) >= 11 is 0. The summed E-state index contributed by atoms with van der Waals surface area (Å²) < 4.78 is 37.9. The number of anilines is 1. The Morgan fingerprint density at radius 3 is 2.75 bits per heavy atom. The average Bonchev–Trinajstić information content (AvgIpc) is 2.67. The number of piperidine rings is 1. The molecule has 0 bridgehead atoms. The molecule has 1 atom stereocenters. The van der Waals surface area contributed by atoms with Crippen LogP contribution in [-0.4, -0.2) is 66.6 Å². The van der Waals surface area contributed by atoms with Crippen molar-refractivity contribution in [3.05, 3.63) is 18.0 Å². The molecule has 28 heavy (non-hydrogen) atoms. The Hall–Kier alpha value is -2.10. The van der Waals surface area contributed by atoms with Crippen LogP contribution in [0.5, 0.6) is 0 Å². The number of aliphatic imine (C=N–C) groups is 1. The normalized spacial score (nSPS) is 18.8. The zero-order valence-corrected chi connectivity index (χ0v) is 16.5. The molecule has 2 rings (SSSR count). The largest absolute Gasteiger partial charge is 0.433 e. The lowest BCUT2D eigenvalue weighted by atomic mass is 10.0. The fourth-order valence-corrected chi connectivity index (χ4v) is 3.16. The minimum absolute atomic E-state index is 0.0461. The first-order valence-corrected chi connectivity index (χ1v) is 9.73. The fourth-order valence-electron chi connectivity index (χ4n) is 3.16. The predicted octanol–water partition coefficient (Wildman–Crippen LogP) is 2.34. The van der Waals surface area contributed by atoms with Gasteiger partial charge in [0.15, 0.2) is 5.96 Å². The molecule has 1 aliphatic heterocycles. The van der Waals surface area contributed by atoms with Crippen LogP contribution < -0.4 is 16.0 Å². The van der Waals surface area contributed by atoms with Crippen LogP contribution in [0.15, 0.2) is 17.3 Å². The van der Waals surface area contributed by atoms with Gasteiger partial charge in [-0.15, -0.1) is 0 Å². The van der Waals surface area contributed by atoms with E-state index in [1.807, 2.05) is 0 Å². The monoisotopic (exact) mass is 401 g/mol. The first-order chi connectivity index (χ1) is 13.4. The van der Waals surface area contributed by atoms with Crippen LogP contribution in [0, 0.1) is 0 Å². The van der Waals surface area contributed by atoms with Crippen LogP contribution in [0.25, 0.3) is 0 Å². The van der Waals surface area contributed by atoms with Gasteiger partial charge in [-0.3, -0.25) is 4.99 Å². The van der Waals surface area contributed by atoms with E-state index in [4.69, 9.17) is 0 Å². The van der Waals surface area contributed by atoms with E-state index in [0.717, 1.165) is 31.8 Å². The van der Waals surface area contributed by atoms with E-state index in [0.29, 0.717) is 25.1 Å². The molecule has 2 heterocycles. The molecule has 3 N–H and O–H groups in total. The Kier molecular flexibility index (Phi) is 8.75. The van der Waals surface area contributed by atoms with Crippen molar-refractivity contribution < 1.29 is 13.2 Å². The summed E-state index contributed by atoms with van der Waals surface area (Å²) in [5.74, 6) is 0.619. The number of rotatable bonds is 8. The SMILES string of the molecule is CN=C(NCCCN1CCCCC1C)NCCNc1nccc(C(F)(F)F)n1. The summed E-state index contributed by atoms with van der Waals surface area (Å²) in [6, 6.07) is 1.51. The number of hydrogen-bond acceptors (Lipinski definition) is 5. The Balaban J connectivity index is 1.62. The van der Waals surface area contributed by atoms with Gasteiger partial charge < -0.3 is 20.9 Å². The molecule has 1 aliphatic rings. The third-order valence-corrected chi connectivity index (χ3v) is 4.73. The van der Waals surface area contributed by atoms with E-state index >= 15 is 0 Å². The van der Waals surface area contributed by atoms with Gasteiger partial charge in [-0.2, -0.15) is 13.2 Å².